The minimum atomic E-state index is -0.580. The van der Waals surface area contributed by atoms with Crippen molar-refractivity contribution in [2.24, 2.45) is 16.6 Å². The number of allylic oxidation sites excluding steroid dienone is 2. The van der Waals surface area contributed by atoms with Gasteiger partial charge in [0.2, 0.25) is 5.91 Å². The molecule has 1 heterocycles. The summed E-state index contributed by atoms with van der Waals surface area (Å²) in [5.74, 6) is 4.64. The third-order valence-corrected chi connectivity index (χ3v) is 5.54. The number of nitrogens with zero attached hydrogens (tertiary/aromatic N) is 2. The van der Waals surface area contributed by atoms with Crippen LogP contribution in [0.1, 0.15) is 46.1 Å². The van der Waals surface area contributed by atoms with E-state index in [1.807, 2.05) is 20.8 Å². The summed E-state index contributed by atoms with van der Waals surface area (Å²) in [4.78, 5) is 29.2. The zero-order chi connectivity index (χ0) is 28.5. The van der Waals surface area contributed by atoms with E-state index < -0.39 is 18.0 Å². The van der Waals surface area contributed by atoms with Crippen LogP contribution in [0, 0.1) is 5.82 Å². The van der Waals surface area contributed by atoms with Crippen molar-refractivity contribution in [1.82, 2.24) is 16.1 Å². The van der Waals surface area contributed by atoms with Gasteiger partial charge in [0, 0.05) is 49.6 Å². The summed E-state index contributed by atoms with van der Waals surface area (Å²) in [6, 6.07) is 4.55. The Labute approximate surface area is 225 Å². The molecule has 1 aliphatic rings. The van der Waals surface area contributed by atoms with Gasteiger partial charge in [0.05, 0.1) is 25.3 Å². The lowest BCUT2D eigenvalue weighted by molar-refractivity contribution is -0.119. The second-order valence-corrected chi connectivity index (χ2v) is 8.24. The number of hydrogen-bond acceptors (Lipinski definition) is 8. The second-order valence-electron chi connectivity index (χ2n) is 8.24. The largest absolute Gasteiger partial charge is 0.442 e. The maximum absolute atomic E-state index is 15.0. The van der Waals surface area contributed by atoms with Gasteiger partial charge < -0.3 is 26.5 Å². The van der Waals surface area contributed by atoms with E-state index in [-0.39, 0.29) is 19.0 Å². The topological polar surface area (TPSA) is 147 Å². The fraction of sp³-hybridized carbons (Fsp3) is 0.444. The summed E-state index contributed by atoms with van der Waals surface area (Å²) in [5, 5.41) is 5.91. The minimum absolute atomic E-state index is 0.204. The number of nitrogens with one attached hydrogen (secondary N) is 3. The molecule has 1 aromatic carbocycles. The first-order chi connectivity index (χ1) is 18.3. The maximum atomic E-state index is 15.0. The van der Waals surface area contributed by atoms with E-state index in [9.17, 15) is 14.0 Å². The highest BCUT2D eigenvalue weighted by molar-refractivity contribution is 5.90. The first kappa shape index (κ1) is 32.3. The molecule has 2 amide bonds. The van der Waals surface area contributed by atoms with Crippen molar-refractivity contribution >= 4 is 29.0 Å². The summed E-state index contributed by atoms with van der Waals surface area (Å²) in [6.45, 7) is 13.4. The molecule has 38 heavy (non-hydrogen) atoms. The maximum Gasteiger partial charge on any atom is 0.414 e. The van der Waals surface area contributed by atoms with Gasteiger partial charge >= 0.3 is 6.09 Å². The van der Waals surface area contributed by atoms with Crippen molar-refractivity contribution < 1.29 is 18.7 Å². The molecule has 0 saturated carbocycles. The average molecular weight is 532 g/mol. The van der Waals surface area contributed by atoms with E-state index in [4.69, 9.17) is 16.3 Å². The zero-order valence-electron chi connectivity index (χ0n) is 22.9. The van der Waals surface area contributed by atoms with Crippen LogP contribution >= 0.6 is 0 Å². The third-order valence-electron chi connectivity index (χ3n) is 5.54. The van der Waals surface area contributed by atoms with Gasteiger partial charge in [0.1, 0.15) is 11.9 Å². The van der Waals surface area contributed by atoms with Gasteiger partial charge in [0.25, 0.3) is 0 Å². The van der Waals surface area contributed by atoms with Gasteiger partial charge in [-0.05, 0) is 37.1 Å². The highest BCUT2D eigenvalue weighted by atomic mass is 19.1. The first-order valence-corrected chi connectivity index (χ1v) is 12.7. The molecule has 1 aliphatic heterocycles. The summed E-state index contributed by atoms with van der Waals surface area (Å²) >= 11 is 0. The van der Waals surface area contributed by atoms with E-state index in [1.54, 1.807) is 24.3 Å². The smallest absolute Gasteiger partial charge is 0.414 e. The molecule has 0 radical (unpaired) electrons. The molecular formula is C27H42FN7O3. The second kappa shape index (κ2) is 17.7. The molecule has 1 aromatic rings. The minimum Gasteiger partial charge on any atom is -0.442 e. The van der Waals surface area contributed by atoms with Gasteiger partial charge in [0.15, 0.2) is 0 Å². The van der Waals surface area contributed by atoms with Crippen LogP contribution in [-0.4, -0.2) is 56.5 Å². The molecule has 1 saturated heterocycles. The fourth-order valence-corrected chi connectivity index (χ4v) is 3.51. The third kappa shape index (κ3) is 10.7. The number of ether oxygens (including phenoxy) is 1. The van der Waals surface area contributed by atoms with E-state index in [0.717, 1.165) is 30.9 Å². The van der Waals surface area contributed by atoms with Crippen molar-refractivity contribution in [3.8, 4) is 0 Å². The lowest BCUT2D eigenvalue weighted by Gasteiger charge is -2.15. The number of halogens is 1. The highest BCUT2D eigenvalue weighted by Gasteiger charge is 2.32. The molecule has 1 atom stereocenters. The molecular weight excluding hydrogens is 489 g/mol. The van der Waals surface area contributed by atoms with Crippen molar-refractivity contribution in [2.45, 2.75) is 46.6 Å². The van der Waals surface area contributed by atoms with Crippen LogP contribution in [0.2, 0.25) is 0 Å². The summed E-state index contributed by atoms with van der Waals surface area (Å²) in [6.07, 6.45) is 5.23. The van der Waals surface area contributed by atoms with Crippen LogP contribution in [0.25, 0.3) is 5.57 Å². The van der Waals surface area contributed by atoms with Crippen molar-refractivity contribution in [3.63, 3.8) is 0 Å². The monoisotopic (exact) mass is 531 g/mol. The number of benzene rings is 1. The summed E-state index contributed by atoms with van der Waals surface area (Å²) in [7, 11) is 0. The number of aliphatic imine (C=N–C) groups is 1. The molecule has 0 spiro atoms. The molecule has 210 valence electrons. The number of rotatable bonds is 14. The number of amides is 2. The predicted octanol–water partition coefficient (Wildman–Crippen LogP) is 2.98. The average Bonchev–Trinajstić information content (AvgIpc) is 3.29. The Balaban J connectivity index is 0.00000352. The standard InChI is InChI=1S/C25H36FN7O3.C2H6/c1-4-19(8-12-30-17(2)7-10-29-11-9-20(14-27)32-28)23-6-5-21(13-24(23)26)33-16-22(36-25(33)35)15-31-18(3)34;1-2/h4-6,8,13-14,22,29,32H,1,7,9-12,15-16,27-28H2,2-3H3,(H,31,34);1-2H3/b19-8?,20-14-,30-17?;. The quantitative estimate of drug-likeness (QED) is 0.0815. The van der Waals surface area contributed by atoms with Crippen molar-refractivity contribution in [1.29, 1.82) is 0 Å². The molecule has 10 nitrogen and oxygen atoms in total. The number of hydrogen-bond donors (Lipinski definition) is 5. The summed E-state index contributed by atoms with van der Waals surface area (Å²) < 4.78 is 20.2. The Morgan fingerprint density at radius 3 is 2.61 bits per heavy atom. The number of hydrazine groups is 1. The van der Waals surface area contributed by atoms with E-state index >= 15 is 0 Å². The Kier molecular flexibility index (Phi) is 15.1. The molecule has 11 heteroatoms. The zero-order valence-corrected chi connectivity index (χ0v) is 22.9. The highest BCUT2D eigenvalue weighted by Crippen LogP contribution is 2.27. The molecule has 1 unspecified atom stereocenters. The molecule has 0 aliphatic carbocycles. The lowest BCUT2D eigenvalue weighted by Crippen LogP contribution is -2.33. The Hall–Kier alpha value is -3.70. The normalized spacial score (nSPS) is 15.9. The predicted molar refractivity (Wildman–Crippen MR) is 152 cm³/mol. The SMILES string of the molecule is C=CC(=CCN=C(C)CCNCC/C(=C/N)NN)c1ccc(N2CC(CNC(C)=O)OC2=O)cc1F.CC. The molecule has 7 N–H and O–H groups in total. The number of carbonyl (C=O) groups is 2. The fourth-order valence-electron chi connectivity index (χ4n) is 3.51. The number of nitrogens with two attached hydrogens (primary N) is 2. The first-order valence-electron chi connectivity index (χ1n) is 12.7. The molecule has 2 rings (SSSR count). The Morgan fingerprint density at radius 2 is 2.00 bits per heavy atom. The molecule has 1 fully saturated rings. The van der Waals surface area contributed by atoms with Crippen molar-refractivity contribution in [2.75, 3.05) is 37.6 Å². The van der Waals surface area contributed by atoms with Crippen molar-refractivity contribution in [3.05, 3.63) is 60.2 Å². The molecule has 0 bridgehead atoms. The van der Waals surface area contributed by atoms with Gasteiger partial charge in [-0.15, -0.1) is 0 Å². The van der Waals surface area contributed by atoms with Crippen LogP contribution in [-0.2, 0) is 9.53 Å². The van der Waals surface area contributed by atoms with E-state index in [2.05, 4.69) is 27.6 Å². The van der Waals surface area contributed by atoms with Crippen LogP contribution < -0.4 is 32.5 Å². The van der Waals surface area contributed by atoms with E-state index in [1.165, 1.54) is 24.1 Å². The van der Waals surface area contributed by atoms with E-state index in [0.29, 0.717) is 29.8 Å². The number of cyclic esters (lactones) is 1. The number of carbonyl (C=O) groups excluding carboxylic acids is 2. The van der Waals surface area contributed by atoms with Gasteiger partial charge in [-0.3, -0.25) is 20.5 Å². The van der Waals surface area contributed by atoms with Crippen LogP contribution in [0.15, 0.2) is 53.8 Å². The Morgan fingerprint density at radius 1 is 1.29 bits per heavy atom. The van der Waals surface area contributed by atoms with Crippen LogP contribution in [0.5, 0.6) is 0 Å². The van der Waals surface area contributed by atoms with Gasteiger partial charge in [-0.25, -0.2) is 9.18 Å². The van der Waals surface area contributed by atoms with Gasteiger partial charge in [-0.1, -0.05) is 32.6 Å². The van der Waals surface area contributed by atoms with Crippen LogP contribution in [0.3, 0.4) is 0 Å². The van der Waals surface area contributed by atoms with Crippen LogP contribution in [0.4, 0.5) is 14.9 Å². The number of anilines is 1. The Bertz CT molecular complexity index is 1020. The lowest BCUT2D eigenvalue weighted by atomic mass is 10.0. The summed E-state index contributed by atoms with van der Waals surface area (Å²) in [5.41, 5.74) is 11.1. The molecule has 0 aromatic heterocycles. The van der Waals surface area contributed by atoms with Gasteiger partial charge in [-0.2, -0.15) is 0 Å².